The van der Waals surface area contributed by atoms with Crippen LogP contribution >= 0.6 is 11.6 Å². The Hall–Kier alpha value is -2.59. The van der Waals surface area contributed by atoms with Crippen LogP contribution in [-0.4, -0.2) is 16.0 Å². The second-order valence-electron chi connectivity index (χ2n) is 6.37. The topological polar surface area (TPSA) is 49.8 Å². The average Bonchev–Trinajstić information content (AvgIpc) is 2.65. The van der Waals surface area contributed by atoms with Crippen LogP contribution in [0.3, 0.4) is 0 Å². The molecular weight excluding hydrogens is 344 g/mol. The molecule has 0 fully saturated rings. The molecule has 0 saturated carbocycles. The standard InChI is InChI=1S/C21H23ClN4/c1-4-15(3)23-21-25-19(16-8-6-5-7-9-16)13-20(26-21)24-17-11-10-14(2)18(22)12-17/h5-13,15H,4H2,1-3H3,(H2,23,24,25,26)/t15-/m0/s1. The summed E-state index contributed by atoms with van der Waals surface area (Å²) >= 11 is 6.24. The van der Waals surface area contributed by atoms with Crippen LogP contribution in [0.25, 0.3) is 11.3 Å². The fourth-order valence-electron chi connectivity index (χ4n) is 2.47. The van der Waals surface area contributed by atoms with Crippen molar-refractivity contribution in [2.24, 2.45) is 0 Å². The predicted molar refractivity (Wildman–Crippen MR) is 110 cm³/mol. The van der Waals surface area contributed by atoms with Crippen LogP contribution in [0.4, 0.5) is 17.5 Å². The van der Waals surface area contributed by atoms with Gasteiger partial charge in [0.25, 0.3) is 0 Å². The van der Waals surface area contributed by atoms with Crippen LogP contribution in [0, 0.1) is 6.92 Å². The number of nitrogens with one attached hydrogen (secondary N) is 2. The van der Waals surface area contributed by atoms with E-state index in [9.17, 15) is 0 Å². The van der Waals surface area contributed by atoms with Gasteiger partial charge < -0.3 is 10.6 Å². The molecule has 1 heterocycles. The van der Waals surface area contributed by atoms with Crippen molar-refractivity contribution in [2.75, 3.05) is 10.6 Å². The summed E-state index contributed by atoms with van der Waals surface area (Å²) in [6, 6.07) is 18.2. The van der Waals surface area contributed by atoms with Gasteiger partial charge in [0, 0.05) is 28.4 Å². The van der Waals surface area contributed by atoms with Gasteiger partial charge in [-0.1, -0.05) is 54.9 Å². The zero-order valence-electron chi connectivity index (χ0n) is 15.3. The van der Waals surface area contributed by atoms with Crippen molar-refractivity contribution in [3.05, 3.63) is 65.2 Å². The molecule has 4 nitrogen and oxygen atoms in total. The maximum absolute atomic E-state index is 6.24. The third-order valence-corrected chi connectivity index (χ3v) is 4.64. The monoisotopic (exact) mass is 366 g/mol. The van der Waals surface area contributed by atoms with Gasteiger partial charge in [-0.25, -0.2) is 4.98 Å². The zero-order valence-corrected chi connectivity index (χ0v) is 16.0. The second kappa shape index (κ2) is 8.19. The van der Waals surface area contributed by atoms with Crippen molar-refractivity contribution in [3.8, 4) is 11.3 Å². The van der Waals surface area contributed by atoms with E-state index in [4.69, 9.17) is 11.6 Å². The summed E-state index contributed by atoms with van der Waals surface area (Å²) in [5.41, 5.74) is 3.86. The van der Waals surface area contributed by atoms with Gasteiger partial charge in [0.05, 0.1) is 5.69 Å². The summed E-state index contributed by atoms with van der Waals surface area (Å²) in [6.45, 7) is 6.23. The summed E-state index contributed by atoms with van der Waals surface area (Å²) < 4.78 is 0. The predicted octanol–water partition coefficient (Wildman–Crippen LogP) is 6.06. The molecule has 1 atom stereocenters. The number of hydrogen-bond donors (Lipinski definition) is 2. The number of rotatable bonds is 6. The summed E-state index contributed by atoms with van der Waals surface area (Å²) in [5, 5.41) is 7.43. The maximum Gasteiger partial charge on any atom is 0.225 e. The van der Waals surface area contributed by atoms with Crippen molar-refractivity contribution in [1.82, 2.24) is 9.97 Å². The van der Waals surface area contributed by atoms with E-state index in [0.717, 1.165) is 39.8 Å². The lowest BCUT2D eigenvalue weighted by atomic mass is 10.1. The second-order valence-corrected chi connectivity index (χ2v) is 6.78. The highest BCUT2D eigenvalue weighted by Gasteiger charge is 2.09. The Bertz CT molecular complexity index is 880. The highest BCUT2D eigenvalue weighted by atomic mass is 35.5. The first-order valence-electron chi connectivity index (χ1n) is 8.79. The van der Waals surface area contributed by atoms with Crippen molar-refractivity contribution < 1.29 is 0 Å². The van der Waals surface area contributed by atoms with Crippen LogP contribution < -0.4 is 10.6 Å². The van der Waals surface area contributed by atoms with Crippen LogP contribution in [0.2, 0.25) is 5.02 Å². The largest absolute Gasteiger partial charge is 0.352 e. The summed E-state index contributed by atoms with van der Waals surface area (Å²) in [5.74, 6) is 1.34. The van der Waals surface area contributed by atoms with E-state index in [1.807, 2.05) is 61.5 Å². The molecular formula is C21H23ClN4. The first-order valence-corrected chi connectivity index (χ1v) is 9.17. The number of nitrogens with zero attached hydrogens (tertiary/aromatic N) is 2. The van der Waals surface area contributed by atoms with Crippen LogP contribution in [0.5, 0.6) is 0 Å². The fraction of sp³-hybridized carbons (Fsp3) is 0.238. The normalized spacial score (nSPS) is 11.8. The number of anilines is 3. The molecule has 3 aromatic rings. The van der Waals surface area contributed by atoms with Gasteiger partial charge in [-0.05, 0) is 38.0 Å². The molecule has 2 aromatic carbocycles. The highest BCUT2D eigenvalue weighted by molar-refractivity contribution is 6.31. The summed E-state index contributed by atoms with van der Waals surface area (Å²) in [6.07, 6.45) is 0.995. The first kappa shape index (κ1) is 18.2. The van der Waals surface area contributed by atoms with Crippen LogP contribution in [-0.2, 0) is 0 Å². The van der Waals surface area contributed by atoms with Crippen molar-refractivity contribution in [3.63, 3.8) is 0 Å². The molecule has 0 spiro atoms. The van der Waals surface area contributed by atoms with Crippen molar-refractivity contribution >= 4 is 29.1 Å². The molecule has 134 valence electrons. The minimum atomic E-state index is 0.294. The Morgan fingerprint density at radius 2 is 1.81 bits per heavy atom. The quantitative estimate of drug-likeness (QED) is 0.556. The SMILES string of the molecule is CC[C@H](C)Nc1nc(Nc2ccc(C)c(Cl)c2)cc(-c2ccccc2)n1. The van der Waals surface area contributed by atoms with E-state index in [-0.39, 0.29) is 0 Å². The van der Waals surface area contributed by atoms with Gasteiger partial charge in [-0.2, -0.15) is 4.98 Å². The minimum absolute atomic E-state index is 0.294. The van der Waals surface area contributed by atoms with E-state index < -0.39 is 0 Å². The summed E-state index contributed by atoms with van der Waals surface area (Å²) in [4.78, 5) is 9.29. The maximum atomic E-state index is 6.24. The lowest BCUT2D eigenvalue weighted by molar-refractivity contribution is 0.753. The lowest BCUT2D eigenvalue weighted by Crippen LogP contribution is -2.16. The van der Waals surface area contributed by atoms with Crippen molar-refractivity contribution in [2.45, 2.75) is 33.2 Å². The van der Waals surface area contributed by atoms with E-state index in [0.29, 0.717) is 12.0 Å². The third-order valence-electron chi connectivity index (χ3n) is 4.23. The van der Waals surface area contributed by atoms with E-state index in [1.165, 1.54) is 0 Å². The third kappa shape index (κ3) is 4.52. The van der Waals surface area contributed by atoms with Gasteiger partial charge >= 0.3 is 0 Å². The van der Waals surface area contributed by atoms with Gasteiger partial charge in [-0.15, -0.1) is 0 Å². The molecule has 5 heteroatoms. The molecule has 2 N–H and O–H groups in total. The smallest absolute Gasteiger partial charge is 0.225 e. The number of benzene rings is 2. The number of hydrogen-bond acceptors (Lipinski definition) is 4. The van der Waals surface area contributed by atoms with E-state index in [2.05, 4.69) is 34.4 Å². The van der Waals surface area contributed by atoms with Gasteiger partial charge in [0.2, 0.25) is 5.95 Å². The number of aromatic nitrogens is 2. The van der Waals surface area contributed by atoms with Gasteiger partial charge in [0.1, 0.15) is 5.82 Å². The molecule has 3 rings (SSSR count). The minimum Gasteiger partial charge on any atom is -0.352 e. The van der Waals surface area contributed by atoms with Gasteiger partial charge in [-0.3, -0.25) is 0 Å². The molecule has 0 bridgehead atoms. The Labute approximate surface area is 159 Å². The van der Waals surface area contributed by atoms with Gasteiger partial charge in [0.15, 0.2) is 0 Å². The first-order chi connectivity index (χ1) is 12.5. The van der Waals surface area contributed by atoms with E-state index >= 15 is 0 Å². The Kier molecular flexibility index (Phi) is 5.74. The molecule has 0 saturated heterocycles. The molecule has 26 heavy (non-hydrogen) atoms. The Morgan fingerprint density at radius 1 is 1.04 bits per heavy atom. The Morgan fingerprint density at radius 3 is 2.50 bits per heavy atom. The fourth-order valence-corrected chi connectivity index (χ4v) is 2.65. The van der Waals surface area contributed by atoms with Crippen LogP contribution in [0.15, 0.2) is 54.6 Å². The number of halogens is 1. The highest BCUT2D eigenvalue weighted by Crippen LogP contribution is 2.26. The average molecular weight is 367 g/mol. The van der Waals surface area contributed by atoms with Crippen LogP contribution in [0.1, 0.15) is 25.8 Å². The van der Waals surface area contributed by atoms with E-state index in [1.54, 1.807) is 0 Å². The molecule has 0 aliphatic carbocycles. The molecule has 1 aromatic heterocycles. The molecule has 0 unspecified atom stereocenters. The van der Waals surface area contributed by atoms with Crippen molar-refractivity contribution in [1.29, 1.82) is 0 Å². The summed E-state index contributed by atoms with van der Waals surface area (Å²) in [7, 11) is 0. The molecule has 0 aliphatic rings. The number of aryl methyl sites for hydroxylation is 1. The molecule has 0 aliphatic heterocycles. The zero-order chi connectivity index (χ0) is 18.5. The Balaban J connectivity index is 1.97. The molecule has 0 amide bonds. The molecule has 0 radical (unpaired) electrons. The lowest BCUT2D eigenvalue weighted by Gasteiger charge is -2.15.